The van der Waals surface area contributed by atoms with Gasteiger partial charge < -0.3 is 5.32 Å². The summed E-state index contributed by atoms with van der Waals surface area (Å²) in [6, 6.07) is 5.87. The van der Waals surface area contributed by atoms with Crippen LogP contribution in [0.3, 0.4) is 0 Å². The third kappa shape index (κ3) is 5.24. The van der Waals surface area contributed by atoms with E-state index >= 15 is 0 Å². The minimum absolute atomic E-state index is 0.774. The van der Waals surface area contributed by atoms with Crippen molar-refractivity contribution in [1.29, 1.82) is 0 Å². The molecule has 0 aliphatic rings. The Labute approximate surface area is 117 Å². The Bertz CT molecular complexity index is 388. The molecule has 0 fully saturated rings. The quantitative estimate of drug-likeness (QED) is 0.736. The molecule has 1 nitrogen and oxygen atoms in total. The van der Waals surface area contributed by atoms with Crippen molar-refractivity contribution < 1.29 is 0 Å². The van der Waals surface area contributed by atoms with Crippen molar-refractivity contribution in [2.24, 2.45) is 0 Å². The van der Waals surface area contributed by atoms with Crippen LogP contribution in [0.15, 0.2) is 28.2 Å². The molecule has 0 unspecified atom stereocenters. The van der Waals surface area contributed by atoms with E-state index in [0.717, 1.165) is 41.0 Å². The second-order valence-corrected chi connectivity index (χ2v) is 5.29. The summed E-state index contributed by atoms with van der Waals surface area (Å²) in [7, 11) is 0. The second kappa shape index (κ2) is 7.91. The largest absolute Gasteiger partial charge is 0.313 e. The lowest BCUT2D eigenvalue weighted by atomic mass is 10.1. The first-order chi connectivity index (χ1) is 8.17. The summed E-state index contributed by atoms with van der Waals surface area (Å²) in [5.74, 6) is 0. The summed E-state index contributed by atoms with van der Waals surface area (Å²) in [4.78, 5) is 0. The molecule has 0 spiro atoms. The van der Waals surface area contributed by atoms with Gasteiger partial charge in [0.1, 0.15) is 0 Å². The van der Waals surface area contributed by atoms with Crippen LogP contribution < -0.4 is 5.32 Å². The first-order valence-electron chi connectivity index (χ1n) is 6.02. The van der Waals surface area contributed by atoms with Crippen molar-refractivity contribution in [3.05, 3.63) is 38.8 Å². The fourth-order valence-corrected chi connectivity index (χ4v) is 2.09. The van der Waals surface area contributed by atoms with Crippen LogP contribution in [0.1, 0.15) is 32.3 Å². The van der Waals surface area contributed by atoms with Crippen LogP contribution in [0.2, 0.25) is 5.02 Å². The van der Waals surface area contributed by atoms with Gasteiger partial charge in [0, 0.05) is 16.0 Å². The lowest BCUT2D eigenvalue weighted by Crippen LogP contribution is -2.17. The SMILES string of the molecule is CCCNCC(=Cc1cc(Cl)ccc1Br)CC. The van der Waals surface area contributed by atoms with Gasteiger partial charge in [-0.25, -0.2) is 0 Å². The van der Waals surface area contributed by atoms with Gasteiger partial charge in [0.2, 0.25) is 0 Å². The van der Waals surface area contributed by atoms with Gasteiger partial charge in [-0.3, -0.25) is 0 Å². The molecule has 1 aromatic carbocycles. The molecule has 0 atom stereocenters. The molecule has 0 aliphatic carbocycles. The van der Waals surface area contributed by atoms with Crippen LogP contribution in [-0.4, -0.2) is 13.1 Å². The average molecular weight is 317 g/mol. The molecule has 0 saturated heterocycles. The van der Waals surface area contributed by atoms with Crippen molar-refractivity contribution in [3.8, 4) is 0 Å². The normalized spacial score (nSPS) is 11.9. The predicted octanol–water partition coefficient (Wildman–Crippen LogP) is 4.90. The van der Waals surface area contributed by atoms with Gasteiger partial charge in [-0.15, -0.1) is 0 Å². The molecule has 94 valence electrons. The maximum Gasteiger partial charge on any atom is 0.0412 e. The molecule has 0 saturated carbocycles. The van der Waals surface area contributed by atoms with Gasteiger partial charge >= 0.3 is 0 Å². The van der Waals surface area contributed by atoms with Gasteiger partial charge in [-0.2, -0.15) is 0 Å². The Hall–Kier alpha value is -0.310. The first kappa shape index (κ1) is 14.7. The first-order valence-corrected chi connectivity index (χ1v) is 7.19. The Morgan fingerprint density at radius 3 is 2.82 bits per heavy atom. The summed E-state index contributed by atoms with van der Waals surface area (Å²) in [6.07, 6.45) is 4.42. The van der Waals surface area contributed by atoms with E-state index in [1.165, 1.54) is 5.57 Å². The molecule has 0 aromatic heterocycles. The Balaban J connectivity index is 2.78. The van der Waals surface area contributed by atoms with Crippen molar-refractivity contribution in [2.45, 2.75) is 26.7 Å². The molecule has 1 aromatic rings. The predicted molar refractivity (Wildman–Crippen MR) is 80.6 cm³/mol. The molecule has 1 N–H and O–H groups in total. The average Bonchev–Trinajstić information content (AvgIpc) is 2.32. The second-order valence-electron chi connectivity index (χ2n) is 4.00. The fourth-order valence-electron chi connectivity index (χ4n) is 1.55. The van der Waals surface area contributed by atoms with Gasteiger partial charge in [-0.1, -0.05) is 53.0 Å². The molecular formula is C14H19BrClN. The number of halogens is 2. The molecule has 3 heteroatoms. The van der Waals surface area contributed by atoms with Gasteiger partial charge in [0.05, 0.1) is 0 Å². The maximum absolute atomic E-state index is 6.00. The molecule has 0 aliphatic heterocycles. The van der Waals surface area contributed by atoms with Gasteiger partial charge in [-0.05, 0) is 43.1 Å². The summed E-state index contributed by atoms with van der Waals surface area (Å²) in [6.45, 7) is 6.37. The lowest BCUT2D eigenvalue weighted by Gasteiger charge is -2.07. The van der Waals surface area contributed by atoms with Crippen LogP contribution >= 0.6 is 27.5 Å². The zero-order valence-corrected chi connectivity index (χ0v) is 12.7. The summed E-state index contributed by atoms with van der Waals surface area (Å²) in [5.41, 5.74) is 2.54. The summed E-state index contributed by atoms with van der Waals surface area (Å²) < 4.78 is 1.09. The van der Waals surface area contributed by atoms with E-state index in [0.29, 0.717) is 0 Å². The van der Waals surface area contributed by atoms with Crippen molar-refractivity contribution in [3.63, 3.8) is 0 Å². The standard InChI is InChI=1S/C14H19BrClN/c1-3-7-17-10-11(4-2)8-12-9-13(16)5-6-14(12)15/h5-6,8-9,17H,3-4,7,10H2,1-2H3. The van der Waals surface area contributed by atoms with Crippen LogP contribution in [0.4, 0.5) is 0 Å². The highest BCUT2D eigenvalue weighted by Crippen LogP contribution is 2.23. The molecular weight excluding hydrogens is 298 g/mol. The highest BCUT2D eigenvalue weighted by Gasteiger charge is 2.00. The molecule has 0 radical (unpaired) electrons. The van der Waals surface area contributed by atoms with E-state index in [9.17, 15) is 0 Å². The Morgan fingerprint density at radius 2 is 2.18 bits per heavy atom. The van der Waals surface area contributed by atoms with Crippen LogP contribution in [0.5, 0.6) is 0 Å². The molecule has 17 heavy (non-hydrogen) atoms. The summed E-state index contributed by atoms with van der Waals surface area (Å²) >= 11 is 9.55. The zero-order valence-electron chi connectivity index (χ0n) is 10.4. The van der Waals surface area contributed by atoms with E-state index in [2.05, 4.69) is 41.2 Å². The van der Waals surface area contributed by atoms with E-state index < -0.39 is 0 Å². The highest BCUT2D eigenvalue weighted by molar-refractivity contribution is 9.10. The topological polar surface area (TPSA) is 12.0 Å². The van der Waals surface area contributed by atoms with Crippen molar-refractivity contribution in [2.75, 3.05) is 13.1 Å². The maximum atomic E-state index is 6.00. The number of nitrogens with one attached hydrogen (secondary N) is 1. The van der Waals surface area contributed by atoms with Crippen molar-refractivity contribution >= 4 is 33.6 Å². The molecule has 0 amide bonds. The number of benzene rings is 1. The third-order valence-corrected chi connectivity index (χ3v) is 3.51. The monoisotopic (exact) mass is 315 g/mol. The highest BCUT2D eigenvalue weighted by atomic mass is 79.9. The molecule has 0 heterocycles. The van der Waals surface area contributed by atoms with Crippen LogP contribution in [0, 0.1) is 0 Å². The number of hydrogen-bond acceptors (Lipinski definition) is 1. The fraction of sp³-hybridized carbons (Fsp3) is 0.429. The van der Waals surface area contributed by atoms with E-state index in [1.54, 1.807) is 0 Å². The Kier molecular flexibility index (Phi) is 6.86. The van der Waals surface area contributed by atoms with E-state index in [-0.39, 0.29) is 0 Å². The van der Waals surface area contributed by atoms with Crippen LogP contribution in [0.25, 0.3) is 6.08 Å². The van der Waals surface area contributed by atoms with Crippen molar-refractivity contribution in [1.82, 2.24) is 5.32 Å². The summed E-state index contributed by atoms with van der Waals surface area (Å²) in [5, 5.41) is 4.20. The minimum atomic E-state index is 0.774. The van der Waals surface area contributed by atoms with Crippen LogP contribution in [-0.2, 0) is 0 Å². The lowest BCUT2D eigenvalue weighted by molar-refractivity contribution is 0.706. The minimum Gasteiger partial charge on any atom is -0.313 e. The number of rotatable bonds is 6. The smallest absolute Gasteiger partial charge is 0.0412 e. The zero-order chi connectivity index (χ0) is 12.7. The molecule has 1 rings (SSSR count). The number of hydrogen-bond donors (Lipinski definition) is 1. The van der Waals surface area contributed by atoms with Gasteiger partial charge in [0.15, 0.2) is 0 Å². The third-order valence-electron chi connectivity index (χ3n) is 2.55. The Morgan fingerprint density at radius 1 is 1.41 bits per heavy atom. The van der Waals surface area contributed by atoms with E-state index in [4.69, 9.17) is 11.6 Å². The van der Waals surface area contributed by atoms with Gasteiger partial charge in [0.25, 0.3) is 0 Å². The molecule has 0 bridgehead atoms. The van der Waals surface area contributed by atoms with E-state index in [1.807, 2.05) is 18.2 Å².